The first-order valence-corrected chi connectivity index (χ1v) is 4.11. The summed E-state index contributed by atoms with van der Waals surface area (Å²) in [6, 6.07) is 0. The third kappa shape index (κ3) is 4.10. The maximum Gasteiger partial charge on any atom is 0.176 e. The topological polar surface area (TPSA) is 28.7 Å². The predicted molar refractivity (Wildman–Crippen MR) is 52.4 cm³/mol. The van der Waals surface area contributed by atoms with Crippen molar-refractivity contribution in [3.63, 3.8) is 0 Å². The van der Waals surface area contributed by atoms with Crippen LogP contribution in [-0.2, 0) is 0 Å². The minimum absolute atomic E-state index is 0. The average Bonchev–Trinajstić information content (AvgIpc) is 2.13. The fraction of sp³-hybridized carbons (Fsp3) is 0.333. The van der Waals surface area contributed by atoms with Gasteiger partial charge in [-0.15, -0.1) is 0 Å². The van der Waals surface area contributed by atoms with Crippen LogP contribution >= 0.6 is 23.6 Å². The van der Waals surface area contributed by atoms with Gasteiger partial charge in [0.2, 0.25) is 0 Å². The van der Waals surface area contributed by atoms with E-state index in [1.165, 1.54) is 16.9 Å². The number of H-pyrrole nitrogens is 1. The standard InChI is InChI=1S/C6H8N2S2.Po/c1-4(2)3-5-7-8-6(9)10-5;/h3H,1-2H3,(H,8,9);. The Morgan fingerprint density at radius 1 is 1.64 bits per heavy atom. The number of nitrogens with zero attached hydrogens (tertiary/aromatic N) is 1. The molecule has 0 aromatic carbocycles. The Morgan fingerprint density at radius 3 is 2.64 bits per heavy atom. The summed E-state index contributed by atoms with van der Waals surface area (Å²) in [5, 5.41) is 7.63. The van der Waals surface area contributed by atoms with Crippen LogP contribution in [0.25, 0.3) is 6.08 Å². The molecule has 2 radical (unpaired) electrons. The summed E-state index contributed by atoms with van der Waals surface area (Å²) in [7, 11) is 0. The minimum Gasteiger partial charge on any atom is -0.258 e. The molecular formula is C6H8N2PoS2. The van der Waals surface area contributed by atoms with Crippen molar-refractivity contribution in [1.82, 2.24) is 10.2 Å². The van der Waals surface area contributed by atoms with Crippen molar-refractivity contribution < 1.29 is 0 Å². The van der Waals surface area contributed by atoms with E-state index < -0.39 is 0 Å². The largest absolute Gasteiger partial charge is 0.258 e. The first kappa shape index (κ1) is 11.4. The van der Waals surface area contributed by atoms with E-state index in [-0.39, 0.29) is 26.6 Å². The molecule has 0 aliphatic heterocycles. The number of allylic oxidation sites excluding steroid dienone is 1. The van der Waals surface area contributed by atoms with Gasteiger partial charge in [0.1, 0.15) is 5.01 Å². The van der Waals surface area contributed by atoms with Gasteiger partial charge in [-0.05, 0) is 32.1 Å². The summed E-state index contributed by atoms with van der Waals surface area (Å²) in [6.07, 6.45) is 2.00. The van der Waals surface area contributed by atoms with Crippen LogP contribution in [0.4, 0.5) is 0 Å². The fourth-order valence-electron chi connectivity index (χ4n) is 0.550. The molecule has 5 heteroatoms. The Balaban J connectivity index is 0.000001000. The zero-order chi connectivity index (χ0) is 7.56. The smallest absolute Gasteiger partial charge is 0.176 e. The quantitative estimate of drug-likeness (QED) is 0.756. The molecule has 0 atom stereocenters. The molecule has 1 aromatic heterocycles. The molecule has 60 valence electrons. The number of rotatable bonds is 1. The third-order valence-electron chi connectivity index (χ3n) is 0.867. The van der Waals surface area contributed by atoms with Crippen LogP contribution in [0.1, 0.15) is 18.9 Å². The molecule has 0 aliphatic carbocycles. The Hall–Kier alpha value is 0.416. The van der Waals surface area contributed by atoms with Crippen LogP contribution in [0.15, 0.2) is 5.57 Å². The number of hydrogen-bond donors (Lipinski definition) is 1. The maximum absolute atomic E-state index is 4.86. The molecule has 11 heavy (non-hydrogen) atoms. The molecule has 0 bridgehead atoms. The van der Waals surface area contributed by atoms with E-state index in [0.29, 0.717) is 0 Å². The van der Waals surface area contributed by atoms with Gasteiger partial charge in [-0.1, -0.05) is 16.9 Å². The van der Waals surface area contributed by atoms with Crippen LogP contribution in [0.5, 0.6) is 0 Å². The summed E-state index contributed by atoms with van der Waals surface area (Å²) < 4.78 is 0.729. The van der Waals surface area contributed by atoms with Crippen molar-refractivity contribution in [2.45, 2.75) is 13.8 Å². The van der Waals surface area contributed by atoms with E-state index in [9.17, 15) is 0 Å². The van der Waals surface area contributed by atoms with Crippen molar-refractivity contribution in [2.24, 2.45) is 0 Å². The molecule has 0 saturated heterocycles. The Morgan fingerprint density at radius 2 is 2.27 bits per heavy atom. The van der Waals surface area contributed by atoms with Crippen LogP contribution < -0.4 is 0 Å². The van der Waals surface area contributed by atoms with E-state index in [4.69, 9.17) is 12.2 Å². The zero-order valence-electron chi connectivity index (χ0n) is 6.25. The summed E-state index contributed by atoms with van der Waals surface area (Å²) in [4.78, 5) is 0. The third-order valence-corrected chi connectivity index (χ3v) is 1.90. The summed E-state index contributed by atoms with van der Waals surface area (Å²) >= 11 is 6.34. The molecule has 0 aliphatic rings. The molecule has 0 saturated carbocycles. The number of hydrogen-bond acceptors (Lipinski definition) is 3. The van der Waals surface area contributed by atoms with Gasteiger partial charge in [-0.25, -0.2) is 0 Å². The fourth-order valence-corrected chi connectivity index (χ4v) is 1.52. The van der Waals surface area contributed by atoms with Crippen molar-refractivity contribution in [1.29, 1.82) is 0 Å². The van der Waals surface area contributed by atoms with Crippen molar-refractivity contribution in [3.8, 4) is 0 Å². The zero-order valence-corrected chi connectivity index (χ0v) is 11.1. The number of nitrogens with one attached hydrogen (secondary N) is 1. The monoisotopic (exact) mass is 381 g/mol. The maximum atomic E-state index is 4.86. The summed E-state index contributed by atoms with van der Waals surface area (Å²) in [5.41, 5.74) is 1.23. The van der Waals surface area contributed by atoms with E-state index in [1.54, 1.807) is 0 Å². The van der Waals surface area contributed by atoms with Crippen molar-refractivity contribution >= 4 is 56.2 Å². The predicted octanol–water partition coefficient (Wildman–Crippen LogP) is 2.24. The van der Waals surface area contributed by atoms with Gasteiger partial charge in [-0.3, -0.25) is 5.10 Å². The second-order valence-electron chi connectivity index (χ2n) is 2.17. The molecule has 1 rings (SSSR count). The van der Waals surface area contributed by atoms with E-state index >= 15 is 0 Å². The molecule has 0 spiro atoms. The first-order chi connectivity index (χ1) is 4.68. The molecular weight excluding hydrogens is 373 g/mol. The van der Waals surface area contributed by atoms with E-state index in [2.05, 4.69) is 10.2 Å². The van der Waals surface area contributed by atoms with Gasteiger partial charge in [-0.2, -0.15) is 5.10 Å². The average molecular weight is 381 g/mol. The van der Waals surface area contributed by atoms with Crippen LogP contribution in [-0.4, -0.2) is 36.8 Å². The molecule has 0 fully saturated rings. The van der Waals surface area contributed by atoms with Gasteiger partial charge in [0.25, 0.3) is 0 Å². The molecule has 1 heterocycles. The molecule has 0 unspecified atom stereocenters. The van der Waals surface area contributed by atoms with Gasteiger partial charge in [0, 0.05) is 26.6 Å². The van der Waals surface area contributed by atoms with Crippen LogP contribution in [0.2, 0.25) is 0 Å². The second kappa shape index (κ2) is 5.13. The van der Waals surface area contributed by atoms with Crippen molar-refractivity contribution in [3.05, 3.63) is 14.5 Å². The van der Waals surface area contributed by atoms with E-state index in [0.717, 1.165) is 8.96 Å². The summed E-state index contributed by atoms with van der Waals surface area (Å²) in [6.45, 7) is 4.06. The number of aromatic nitrogens is 2. The Kier molecular flexibility index (Phi) is 5.33. The Bertz CT molecular complexity index is 296. The van der Waals surface area contributed by atoms with Gasteiger partial charge < -0.3 is 0 Å². The van der Waals surface area contributed by atoms with E-state index in [1.807, 2.05) is 19.9 Å². The van der Waals surface area contributed by atoms with Crippen LogP contribution in [0, 0.1) is 3.95 Å². The molecule has 1 N–H and O–H groups in total. The SMILES string of the molecule is CC(C)=Cc1n[nH]c(=S)s1.[Po]. The minimum atomic E-state index is 0. The number of aromatic amines is 1. The van der Waals surface area contributed by atoms with Gasteiger partial charge in [0.15, 0.2) is 3.95 Å². The molecule has 2 nitrogen and oxygen atoms in total. The first-order valence-electron chi connectivity index (χ1n) is 2.89. The van der Waals surface area contributed by atoms with Crippen LogP contribution in [0.3, 0.4) is 0 Å². The molecule has 1 aromatic rings. The normalized spacial score (nSPS) is 8.55. The van der Waals surface area contributed by atoms with Crippen molar-refractivity contribution in [2.75, 3.05) is 0 Å². The van der Waals surface area contributed by atoms with Gasteiger partial charge >= 0.3 is 0 Å². The summed E-state index contributed by atoms with van der Waals surface area (Å²) in [5.74, 6) is 0. The second-order valence-corrected chi connectivity index (χ2v) is 3.87. The Labute approximate surface area is 94.2 Å². The molecule has 0 amide bonds. The van der Waals surface area contributed by atoms with Gasteiger partial charge in [0.05, 0.1) is 0 Å².